The molecule has 0 bridgehead atoms. The molecule has 8 heteroatoms. The van der Waals surface area contributed by atoms with Crippen LogP contribution in [0.5, 0.6) is 0 Å². The Morgan fingerprint density at radius 1 is 0.875 bits per heavy atom. The van der Waals surface area contributed by atoms with Crippen molar-refractivity contribution >= 4 is 17.6 Å². The average Bonchev–Trinajstić information content (AvgIpc) is 2.55. The van der Waals surface area contributed by atoms with Gasteiger partial charge in [-0.05, 0) is 29.8 Å². The fraction of sp³-hybridized carbons (Fsp3) is 0.125. The van der Waals surface area contributed by atoms with E-state index in [1.54, 1.807) is 0 Å². The third kappa shape index (κ3) is 5.31. The molecule has 0 heterocycles. The van der Waals surface area contributed by atoms with Gasteiger partial charge in [0.1, 0.15) is 17.5 Å². The molecule has 0 atom stereocenters. The first kappa shape index (κ1) is 17.3. The van der Waals surface area contributed by atoms with Gasteiger partial charge in [-0.1, -0.05) is 12.1 Å². The Balaban J connectivity index is 1.74. The lowest BCUT2D eigenvalue weighted by Gasteiger charge is -2.09. The van der Waals surface area contributed by atoms with E-state index in [1.807, 2.05) is 0 Å². The van der Waals surface area contributed by atoms with Crippen molar-refractivity contribution in [3.8, 4) is 0 Å². The summed E-state index contributed by atoms with van der Waals surface area (Å²) in [4.78, 5) is 23.2. The van der Waals surface area contributed by atoms with Crippen LogP contribution in [0.4, 0.5) is 23.7 Å². The van der Waals surface area contributed by atoms with E-state index < -0.39 is 30.1 Å². The summed E-state index contributed by atoms with van der Waals surface area (Å²) in [5.74, 6) is -2.72. The molecule has 0 saturated carbocycles. The van der Waals surface area contributed by atoms with Crippen molar-refractivity contribution in [3.05, 3.63) is 65.5 Å². The van der Waals surface area contributed by atoms with E-state index >= 15 is 0 Å². The second-order valence-corrected chi connectivity index (χ2v) is 4.84. The first-order valence-electron chi connectivity index (χ1n) is 6.95. The molecule has 0 spiro atoms. The Bertz CT molecular complexity index is 736. The van der Waals surface area contributed by atoms with Crippen molar-refractivity contribution in [2.45, 2.75) is 6.54 Å². The molecule has 2 rings (SSSR count). The van der Waals surface area contributed by atoms with Crippen LogP contribution < -0.4 is 16.0 Å². The maximum Gasteiger partial charge on any atom is 0.315 e. The van der Waals surface area contributed by atoms with Crippen LogP contribution in [0.3, 0.4) is 0 Å². The lowest BCUT2D eigenvalue weighted by atomic mass is 10.2. The van der Waals surface area contributed by atoms with Crippen LogP contribution in [0.25, 0.3) is 0 Å². The first-order valence-corrected chi connectivity index (χ1v) is 6.95. The van der Waals surface area contributed by atoms with Gasteiger partial charge in [-0.2, -0.15) is 0 Å². The van der Waals surface area contributed by atoms with Gasteiger partial charge in [-0.25, -0.2) is 18.0 Å². The van der Waals surface area contributed by atoms with E-state index in [1.165, 1.54) is 24.3 Å². The van der Waals surface area contributed by atoms with Crippen LogP contribution in [0, 0.1) is 17.5 Å². The van der Waals surface area contributed by atoms with Crippen LogP contribution in [0.1, 0.15) is 5.56 Å². The van der Waals surface area contributed by atoms with Crippen molar-refractivity contribution < 1.29 is 22.8 Å². The van der Waals surface area contributed by atoms with Crippen LogP contribution in [-0.4, -0.2) is 18.5 Å². The molecular weight excluding hydrogens is 323 g/mol. The molecule has 0 aliphatic carbocycles. The number of benzene rings is 2. The molecule has 2 aromatic carbocycles. The quantitative estimate of drug-likeness (QED) is 0.785. The fourth-order valence-electron chi connectivity index (χ4n) is 1.79. The Kier molecular flexibility index (Phi) is 5.78. The van der Waals surface area contributed by atoms with Crippen molar-refractivity contribution in [1.29, 1.82) is 0 Å². The number of rotatable bonds is 5. The number of nitrogens with one attached hydrogen (secondary N) is 3. The summed E-state index contributed by atoms with van der Waals surface area (Å²) in [6.45, 7) is -0.244. The SMILES string of the molecule is O=C(CNC(=O)NCc1ccc(F)cc1)Nc1ccc(F)cc1F. The molecule has 3 N–H and O–H groups in total. The molecule has 0 aromatic heterocycles. The lowest BCUT2D eigenvalue weighted by Crippen LogP contribution is -2.39. The summed E-state index contributed by atoms with van der Waals surface area (Å²) in [5.41, 5.74) is 0.499. The molecule has 5 nitrogen and oxygen atoms in total. The molecular formula is C16H14F3N3O2. The van der Waals surface area contributed by atoms with Crippen LogP contribution in [0.15, 0.2) is 42.5 Å². The zero-order chi connectivity index (χ0) is 17.5. The van der Waals surface area contributed by atoms with Gasteiger partial charge in [0.2, 0.25) is 5.91 Å². The van der Waals surface area contributed by atoms with E-state index in [0.717, 1.165) is 12.1 Å². The Morgan fingerprint density at radius 3 is 2.21 bits per heavy atom. The van der Waals surface area contributed by atoms with Gasteiger partial charge >= 0.3 is 6.03 Å². The van der Waals surface area contributed by atoms with Crippen LogP contribution in [0.2, 0.25) is 0 Å². The molecule has 0 saturated heterocycles. The minimum Gasteiger partial charge on any atom is -0.334 e. The third-order valence-electron chi connectivity index (χ3n) is 2.98. The summed E-state index contributed by atoms with van der Waals surface area (Å²) in [6.07, 6.45) is 0. The largest absolute Gasteiger partial charge is 0.334 e. The van der Waals surface area contributed by atoms with Gasteiger partial charge in [0, 0.05) is 12.6 Å². The number of carbonyl (C=O) groups excluding carboxylic acids is 2. The van der Waals surface area contributed by atoms with Crippen molar-refractivity contribution in [2.24, 2.45) is 0 Å². The Morgan fingerprint density at radius 2 is 1.54 bits per heavy atom. The van der Waals surface area contributed by atoms with Gasteiger partial charge in [-0.3, -0.25) is 4.79 Å². The Labute approximate surface area is 135 Å². The standard InChI is InChI=1S/C16H14F3N3O2/c17-11-3-1-10(2-4-11)8-20-16(24)21-9-15(23)22-14-6-5-12(18)7-13(14)19/h1-7H,8-9H2,(H,22,23)(H2,20,21,24). The minimum atomic E-state index is -0.913. The number of halogens is 3. The van der Waals surface area contributed by atoms with Crippen molar-refractivity contribution in [3.63, 3.8) is 0 Å². The normalized spacial score (nSPS) is 10.1. The van der Waals surface area contributed by atoms with E-state index in [-0.39, 0.29) is 18.0 Å². The molecule has 126 valence electrons. The van der Waals surface area contributed by atoms with Gasteiger partial charge in [0.25, 0.3) is 0 Å². The topological polar surface area (TPSA) is 70.2 Å². The van der Waals surface area contributed by atoms with Gasteiger partial charge in [0.15, 0.2) is 0 Å². The molecule has 0 fully saturated rings. The first-order chi connectivity index (χ1) is 11.4. The lowest BCUT2D eigenvalue weighted by molar-refractivity contribution is -0.115. The Hall–Kier alpha value is -3.03. The monoisotopic (exact) mass is 337 g/mol. The highest BCUT2D eigenvalue weighted by atomic mass is 19.1. The molecule has 0 radical (unpaired) electrons. The highest BCUT2D eigenvalue weighted by Gasteiger charge is 2.09. The van der Waals surface area contributed by atoms with Gasteiger partial charge in [0.05, 0.1) is 12.2 Å². The number of carbonyl (C=O) groups is 2. The minimum absolute atomic E-state index is 0.153. The highest BCUT2D eigenvalue weighted by molar-refractivity contribution is 5.94. The van der Waals surface area contributed by atoms with Gasteiger partial charge in [-0.15, -0.1) is 0 Å². The molecule has 0 unspecified atom stereocenters. The number of hydrogen-bond donors (Lipinski definition) is 3. The second kappa shape index (κ2) is 8.00. The highest BCUT2D eigenvalue weighted by Crippen LogP contribution is 2.14. The maximum absolute atomic E-state index is 13.4. The molecule has 0 aliphatic heterocycles. The number of amides is 3. The summed E-state index contributed by atoms with van der Waals surface area (Å²) in [6, 6.07) is 7.66. The number of anilines is 1. The molecule has 0 aliphatic rings. The molecule has 3 amide bonds. The smallest absolute Gasteiger partial charge is 0.315 e. The van der Waals surface area contributed by atoms with E-state index in [2.05, 4.69) is 16.0 Å². The predicted octanol–water partition coefficient (Wildman–Crippen LogP) is 2.54. The average molecular weight is 337 g/mol. The van der Waals surface area contributed by atoms with E-state index in [9.17, 15) is 22.8 Å². The maximum atomic E-state index is 13.4. The second-order valence-electron chi connectivity index (χ2n) is 4.84. The third-order valence-corrected chi connectivity index (χ3v) is 2.98. The summed E-state index contributed by atoms with van der Waals surface area (Å²) in [7, 11) is 0. The molecule has 2 aromatic rings. The van der Waals surface area contributed by atoms with E-state index in [0.29, 0.717) is 11.6 Å². The van der Waals surface area contributed by atoms with Crippen LogP contribution >= 0.6 is 0 Å². The van der Waals surface area contributed by atoms with E-state index in [4.69, 9.17) is 0 Å². The zero-order valence-corrected chi connectivity index (χ0v) is 12.4. The van der Waals surface area contributed by atoms with Crippen molar-refractivity contribution in [2.75, 3.05) is 11.9 Å². The predicted molar refractivity (Wildman–Crippen MR) is 81.6 cm³/mol. The summed E-state index contributed by atoms with van der Waals surface area (Å²) < 4.78 is 38.8. The molecule has 24 heavy (non-hydrogen) atoms. The number of hydrogen-bond acceptors (Lipinski definition) is 2. The zero-order valence-electron chi connectivity index (χ0n) is 12.4. The fourth-order valence-corrected chi connectivity index (χ4v) is 1.79. The summed E-state index contributed by atoms with van der Waals surface area (Å²) in [5, 5.41) is 6.97. The van der Waals surface area contributed by atoms with Crippen LogP contribution in [-0.2, 0) is 11.3 Å². The van der Waals surface area contributed by atoms with Crippen molar-refractivity contribution in [1.82, 2.24) is 10.6 Å². The number of urea groups is 1. The summed E-state index contributed by atoms with van der Waals surface area (Å²) >= 11 is 0. The van der Waals surface area contributed by atoms with Gasteiger partial charge < -0.3 is 16.0 Å².